The largest absolute Gasteiger partial charge is 0.507 e. The van der Waals surface area contributed by atoms with E-state index in [-0.39, 0.29) is 23.3 Å². The Morgan fingerprint density at radius 3 is 2.24 bits per heavy atom. The van der Waals surface area contributed by atoms with Gasteiger partial charge in [-0.05, 0) is 52.9 Å². The van der Waals surface area contributed by atoms with Gasteiger partial charge < -0.3 is 19.2 Å². The van der Waals surface area contributed by atoms with Crippen LogP contribution in [0.3, 0.4) is 0 Å². The molecule has 0 aliphatic carbocycles. The third-order valence-electron chi connectivity index (χ3n) is 5.90. The van der Waals surface area contributed by atoms with Gasteiger partial charge in [0.25, 0.3) is 11.7 Å². The minimum Gasteiger partial charge on any atom is -0.507 e. The molecule has 0 spiro atoms. The van der Waals surface area contributed by atoms with Crippen LogP contribution in [0.4, 0.5) is 0 Å². The summed E-state index contributed by atoms with van der Waals surface area (Å²) in [6.07, 6.45) is 1.52. The van der Waals surface area contributed by atoms with Crippen LogP contribution < -0.4 is 4.74 Å². The summed E-state index contributed by atoms with van der Waals surface area (Å²) < 4.78 is 10.6. The van der Waals surface area contributed by atoms with Gasteiger partial charge in [0.05, 0.1) is 31.5 Å². The Morgan fingerprint density at radius 2 is 1.70 bits per heavy atom. The van der Waals surface area contributed by atoms with E-state index in [1.54, 1.807) is 43.5 Å². The molecular formula is C27H27NO5. The van der Waals surface area contributed by atoms with Crippen molar-refractivity contribution in [3.05, 3.63) is 95.0 Å². The lowest BCUT2D eigenvalue weighted by Gasteiger charge is -2.26. The first kappa shape index (κ1) is 22.4. The predicted octanol–water partition coefficient (Wildman–Crippen LogP) is 5.21. The number of Topliss-reactive ketones (excluding diaryl/α,β-unsaturated/α-hetero) is 1. The molecule has 3 aromatic rings. The van der Waals surface area contributed by atoms with Gasteiger partial charge in [0.15, 0.2) is 0 Å². The van der Waals surface area contributed by atoms with E-state index in [9.17, 15) is 14.7 Å². The number of rotatable bonds is 5. The Hall–Kier alpha value is -3.80. The van der Waals surface area contributed by atoms with Gasteiger partial charge in [-0.3, -0.25) is 9.59 Å². The summed E-state index contributed by atoms with van der Waals surface area (Å²) in [7, 11) is 1.55. The Morgan fingerprint density at radius 1 is 1.03 bits per heavy atom. The molecule has 6 heteroatoms. The summed E-state index contributed by atoms with van der Waals surface area (Å²) in [6.45, 7) is 6.47. The van der Waals surface area contributed by atoms with Gasteiger partial charge in [0.1, 0.15) is 17.3 Å². The second-order valence-electron chi connectivity index (χ2n) is 9.11. The minimum atomic E-state index is -0.744. The zero-order valence-corrected chi connectivity index (χ0v) is 19.2. The molecule has 0 saturated carbocycles. The molecule has 1 aromatic heterocycles. The van der Waals surface area contributed by atoms with Crippen LogP contribution in [0, 0.1) is 0 Å². The fraction of sp³-hybridized carbons (Fsp3) is 0.259. The molecule has 33 heavy (non-hydrogen) atoms. The number of likely N-dealkylation sites (tertiary alicyclic amines) is 1. The summed E-state index contributed by atoms with van der Waals surface area (Å²) >= 11 is 0. The Bertz CT molecular complexity index is 1180. The third-order valence-corrected chi connectivity index (χ3v) is 5.90. The summed E-state index contributed by atoms with van der Waals surface area (Å²) in [5.74, 6) is -0.439. The van der Waals surface area contributed by atoms with Crippen molar-refractivity contribution in [1.29, 1.82) is 0 Å². The fourth-order valence-corrected chi connectivity index (χ4v) is 4.03. The molecule has 1 aliphatic heterocycles. The van der Waals surface area contributed by atoms with Crippen LogP contribution in [0.2, 0.25) is 0 Å². The number of nitrogens with zero attached hydrogens (tertiary/aromatic N) is 1. The van der Waals surface area contributed by atoms with Crippen molar-refractivity contribution >= 4 is 17.4 Å². The van der Waals surface area contributed by atoms with E-state index in [1.165, 1.54) is 11.2 Å². The van der Waals surface area contributed by atoms with Crippen LogP contribution in [0.25, 0.3) is 5.76 Å². The molecule has 0 radical (unpaired) electrons. The topological polar surface area (TPSA) is 80.0 Å². The number of carbonyl (C=O) groups excluding carboxylic acids is 2. The van der Waals surface area contributed by atoms with Crippen LogP contribution in [0.15, 0.2) is 76.9 Å². The molecule has 1 aliphatic rings. The van der Waals surface area contributed by atoms with Gasteiger partial charge in [0.2, 0.25) is 0 Å². The van der Waals surface area contributed by atoms with Crippen molar-refractivity contribution in [3.8, 4) is 5.75 Å². The van der Waals surface area contributed by atoms with Crippen LogP contribution >= 0.6 is 0 Å². The Balaban J connectivity index is 1.83. The van der Waals surface area contributed by atoms with E-state index < -0.39 is 17.7 Å². The quantitative estimate of drug-likeness (QED) is 0.331. The highest BCUT2D eigenvalue weighted by atomic mass is 16.5. The SMILES string of the molecule is COc1ccc(C(O)=C2C(=O)C(=O)N(Cc3ccco3)C2c2ccc(C(C)(C)C)cc2)cc1. The zero-order chi connectivity index (χ0) is 23.8. The van der Waals surface area contributed by atoms with Gasteiger partial charge in [-0.15, -0.1) is 0 Å². The van der Waals surface area contributed by atoms with Gasteiger partial charge in [-0.1, -0.05) is 45.0 Å². The van der Waals surface area contributed by atoms with Gasteiger partial charge in [0, 0.05) is 5.56 Å². The molecule has 170 valence electrons. The zero-order valence-electron chi connectivity index (χ0n) is 19.2. The molecule has 1 saturated heterocycles. The van der Waals surface area contributed by atoms with Crippen molar-refractivity contribution in [2.75, 3.05) is 7.11 Å². The number of hydrogen-bond acceptors (Lipinski definition) is 5. The van der Waals surface area contributed by atoms with Crippen molar-refractivity contribution in [3.63, 3.8) is 0 Å². The van der Waals surface area contributed by atoms with Crippen molar-refractivity contribution < 1.29 is 23.8 Å². The highest BCUT2D eigenvalue weighted by Crippen LogP contribution is 2.41. The number of aliphatic hydroxyl groups is 1. The number of amides is 1. The predicted molar refractivity (Wildman–Crippen MR) is 125 cm³/mol. The summed E-state index contributed by atoms with van der Waals surface area (Å²) in [5.41, 5.74) is 2.31. The number of ketones is 1. The number of hydrogen-bond donors (Lipinski definition) is 1. The van der Waals surface area contributed by atoms with Gasteiger partial charge in [-0.2, -0.15) is 0 Å². The summed E-state index contributed by atoms with van der Waals surface area (Å²) in [5, 5.41) is 11.1. The smallest absolute Gasteiger partial charge is 0.296 e. The van der Waals surface area contributed by atoms with E-state index >= 15 is 0 Å². The molecule has 0 bridgehead atoms. The molecule has 2 heterocycles. The number of carbonyl (C=O) groups is 2. The standard InChI is InChI=1S/C27H27NO5/c1-27(2,3)19-11-7-17(8-12-19)23-22(24(29)18-9-13-20(32-4)14-10-18)25(30)26(31)28(23)16-21-6-5-15-33-21/h5-15,23,29H,16H2,1-4H3. The molecule has 1 amide bonds. The molecule has 1 atom stereocenters. The van der Waals surface area contributed by atoms with E-state index in [4.69, 9.17) is 9.15 Å². The van der Waals surface area contributed by atoms with Gasteiger partial charge in [-0.25, -0.2) is 0 Å². The molecule has 1 unspecified atom stereocenters. The maximum absolute atomic E-state index is 13.1. The average molecular weight is 446 g/mol. The Labute approximate surface area is 193 Å². The van der Waals surface area contributed by atoms with Crippen LogP contribution in [-0.2, 0) is 21.5 Å². The maximum atomic E-state index is 13.1. The van der Waals surface area contributed by atoms with Crippen LogP contribution in [-0.4, -0.2) is 28.8 Å². The van der Waals surface area contributed by atoms with Crippen molar-refractivity contribution in [1.82, 2.24) is 4.90 Å². The lowest BCUT2D eigenvalue weighted by atomic mass is 9.85. The first-order valence-electron chi connectivity index (χ1n) is 10.8. The maximum Gasteiger partial charge on any atom is 0.296 e. The highest BCUT2D eigenvalue weighted by molar-refractivity contribution is 6.46. The fourth-order valence-electron chi connectivity index (χ4n) is 4.03. The van der Waals surface area contributed by atoms with Crippen LogP contribution in [0.5, 0.6) is 5.75 Å². The van der Waals surface area contributed by atoms with E-state index in [0.29, 0.717) is 17.1 Å². The van der Waals surface area contributed by atoms with Crippen molar-refractivity contribution in [2.24, 2.45) is 0 Å². The van der Waals surface area contributed by atoms with E-state index in [0.717, 1.165) is 11.1 Å². The number of benzene rings is 2. The highest BCUT2D eigenvalue weighted by Gasteiger charge is 2.46. The monoisotopic (exact) mass is 445 g/mol. The van der Waals surface area contributed by atoms with E-state index in [2.05, 4.69) is 20.8 Å². The Kier molecular flexibility index (Phi) is 5.85. The first-order chi connectivity index (χ1) is 15.7. The molecular weight excluding hydrogens is 418 g/mol. The van der Waals surface area contributed by atoms with Crippen LogP contribution in [0.1, 0.15) is 49.3 Å². The molecule has 1 N–H and O–H groups in total. The molecule has 4 rings (SSSR count). The minimum absolute atomic E-state index is 0.0440. The number of methoxy groups -OCH3 is 1. The van der Waals surface area contributed by atoms with E-state index in [1.807, 2.05) is 24.3 Å². The molecule has 2 aromatic carbocycles. The second-order valence-corrected chi connectivity index (χ2v) is 9.11. The van der Waals surface area contributed by atoms with Crippen molar-refractivity contribution in [2.45, 2.75) is 38.8 Å². The molecule has 1 fully saturated rings. The summed E-state index contributed by atoms with van der Waals surface area (Å²) in [4.78, 5) is 27.6. The second kappa shape index (κ2) is 8.62. The third kappa shape index (κ3) is 4.29. The lowest BCUT2D eigenvalue weighted by molar-refractivity contribution is -0.140. The van der Waals surface area contributed by atoms with Gasteiger partial charge >= 0.3 is 0 Å². The number of aliphatic hydroxyl groups excluding tert-OH is 1. The lowest BCUT2D eigenvalue weighted by Crippen LogP contribution is -2.29. The first-order valence-corrected chi connectivity index (χ1v) is 10.8. The average Bonchev–Trinajstić information content (AvgIpc) is 3.40. The molecule has 6 nitrogen and oxygen atoms in total. The normalized spacial score (nSPS) is 18.1. The number of ether oxygens (including phenoxy) is 1. The summed E-state index contributed by atoms with van der Waals surface area (Å²) in [6, 6.07) is 17.3. The number of furan rings is 1.